The van der Waals surface area contributed by atoms with E-state index < -0.39 is 11.4 Å². The first-order valence-electron chi connectivity index (χ1n) is 13.7. The average Bonchev–Trinajstić information content (AvgIpc) is 2.71. The van der Waals surface area contributed by atoms with Crippen LogP contribution in [0.25, 0.3) is 0 Å². The van der Waals surface area contributed by atoms with Gasteiger partial charge in [0.05, 0.1) is 5.41 Å². The molecule has 2 nitrogen and oxygen atoms in total. The second-order valence-corrected chi connectivity index (χ2v) is 14.6. The van der Waals surface area contributed by atoms with Crippen molar-refractivity contribution in [1.82, 2.24) is 0 Å². The highest BCUT2D eigenvalue weighted by Crippen LogP contribution is 2.75. The lowest BCUT2D eigenvalue weighted by Crippen LogP contribution is -2.63. The van der Waals surface area contributed by atoms with E-state index in [-0.39, 0.29) is 16.7 Å². The summed E-state index contributed by atoms with van der Waals surface area (Å²) in [6, 6.07) is 0. The summed E-state index contributed by atoms with van der Waals surface area (Å²) in [5.74, 6) is 3.01. The predicted molar refractivity (Wildman–Crippen MR) is 131 cm³/mol. The van der Waals surface area contributed by atoms with Gasteiger partial charge in [-0.1, -0.05) is 60.1 Å². The zero-order valence-corrected chi connectivity index (χ0v) is 21.9. The Morgan fingerprint density at radius 1 is 0.938 bits per heavy atom. The van der Waals surface area contributed by atoms with Crippen LogP contribution in [-0.4, -0.2) is 11.1 Å². The minimum absolute atomic E-state index is 0.160. The molecule has 0 aliphatic heterocycles. The van der Waals surface area contributed by atoms with Crippen LogP contribution in [0.2, 0.25) is 0 Å². The summed E-state index contributed by atoms with van der Waals surface area (Å²) >= 11 is 0. The molecule has 0 heterocycles. The van der Waals surface area contributed by atoms with Crippen LogP contribution in [0.5, 0.6) is 0 Å². The lowest BCUT2D eigenvalue weighted by molar-refractivity contribution is -0.182. The maximum Gasteiger partial charge on any atom is 0.310 e. The van der Waals surface area contributed by atoms with Crippen LogP contribution in [-0.2, 0) is 4.79 Å². The number of hydrogen-bond acceptors (Lipinski definition) is 1. The Morgan fingerprint density at radius 2 is 1.62 bits per heavy atom. The quantitative estimate of drug-likeness (QED) is 0.418. The lowest BCUT2D eigenvalue weighted by atomic mass is 9.34. The average molecular weight is 441 g/mol. The molecule has 32 heavy (non-hydrogen) atoms. The summed E-state index contributed by atoms with van der Waals surface area (Å²) in [5.41, 5.74) is 2.20. The SMILES string of the molecule is CC1[C@@H](C)CCC2(C)C3CC=C4C5CC(C)(C)CC[C@]5(C(=O)O)CC[C@@]4(C)[C@@]3(C)CC[C@@H]12. The Balaban J connectivity index is 1.59. The lowest BCUT2D eigenvalue weighted by Gasteiger charge is -2.70. The fraction of sp³-hybridized carbons (Fsp3) is 0.900. The van der Waals surface area contributed by atoms with Gasteiger partial charge in [-0.3, -0.25) is 4.79 Å². The van der Waals surface area contributed by atoms with Gasteiger partial charge in [0.25, 0.3) is 0 Å². The van der Waals surface area contributed by atoms with Crippen molar-refractivity contribution in [3.05, 3.63) is 11.6 Å². The van der Waals surface area contributed by atoms with Crippen LogP contribution in [0.3, 0.4) is 0 Å². The molecule has 0 aromatic carbocycles. The number of carboxylic acids is 1. The second kappa shape index (κ2) is 6.88. The number of rotatable bonds is 1. The standard InChI is InChI=1S/C30H48O2/c1-19-10-12-27(5)21(20(19)2)11-13-29(7)24(27)9-8-22-23-18-26(3,4)14-16-30(23,25(31)32)17-15-28(22,29)6/h8,19-21,23-24H,9-18H2,1-7H3,(H,31,32)/t19-,20?,21-,23?,24?,27?,28+,29-,30-/m0/s1. The minimum atomic E-state index is -0.515. The highest BCUT2D eigenvalue weighted by Gasteiger charge is 2.68. The largest absolute Gasteiger partial charge is 0.481 e. The van der Waals surface area contributed by atoms with E-state index in [1.54, 1.807) is 5.57 Å². The van der Waals surface area contributed by atoms with Crippen molar-refractivity contribution in [2.75, 3.05) is 0 Å². The summed E-state index contributed by atoms with van der Waals surface area (Å²) in [6.45, 7) is 17.6. The molecule has 0 saturated heterocycles. The fourth-order valence-electron chi connectivity index (χ4n) is 10.4. The molecule has 5 aliphatic rings. The summed E-state index contributed by atoms with van der Waals surface area (Å²) in [4.78, 5) is 12.7. The molecule has 180 valence electrons. The summed E-state index contributed by atoms with van der Waals surface area (Å²) in [6.07, 6.45) is 14.2. The Bertz CT molecular complexity index is 840. The molecule has 0 aromatic heterocycles. The van der Waals surface area contributed by atoms with Crippen molar-refractivity contribution in [2.45, 2.75) is 113 Å². The first-order chi connectivity index (χ1) is 14.8. The van der Waals surface area contributed by atoms with E-state index in [0.29, 0.717) is 10.8 Å². The van der Waals surface area contributed by atoms with E-state index in [9.17, 15) is 9.90 Å². The van der Waals surface area contributed by atoms with E-state index in [2.05, 4.69) is 54.5 Å². The zero-order valence-electron chi connectivity index (χ0n) is 21.9. The van der Waals surface area contributed by atoms with Crippen LogP contribution in [0.15, 0.2) is 11.6 Å². The molecule has 1 N–H and O–H groups in total. The molecule has 0 spiro atoms. The molecule has 0 bridgehead atoms. The van der Waals surface area contributed by atoms with Crippen molar-refractivity contribution >= 4 is 5.97 Å². The number of aliphatic carboxylic acids is 1. The third kappa shape index (κ3) is 2.73. The highest BCUT2D eigenvalue weighted by molar-refractivity contribution is 5.76. The Kier molecular flexibility index (Phi) is 4.94. The van der Waals surface area contributed by atoms with Gasteiger partial charge < -0.3 is 5.11 Å². The Hall–Kier alpha value is -0.790. The summed E-state index contributed by atoms with van der Waals surface area (Å²) in [7, 11) is 0. The van der Waals surface area contributed by atoms with Crippen molar-refractivity contribution in [3.63, 3.8) is 0 Å². The van der Waals surface area contributed by atoms with Crippen LogP contribution < -0.4 is 0 Å². The Morgan fingerprint density at radius 3 is 2.31 bits per heavy atom. The summed E-state index contributed by atoms with van der Waals surface area (Å²) in [5, 5.41) is 10.5. The topological polar surface area (TPSA) is 37.3 Å². The predicted octanol–water partition coefficient (Wildman–Crippen LogP) is 8.12. The second-order valence-electron chi connectivity index (χ2n) is 14.6. The highest BCUT2D eigenvalue weighted by atomic mass is 16.4. The van der Waals surface area contributed by atoms with Crippen molar-refractivity contribution in [1.29, 1.82) is 0 Å². The molecule has 0 radical (unpaired) electrons. The molecule has 5 aliphatic carbocycles. The molecule has 4 unspecified atom stereocenters. The molecule has 5 rings (SSSR count). The maximum absolute atomic E-state index is 12.7. The number of carboxylic acid groups (broad SMARTS) is 1. The number of allylic oxidation sites excluding steroid dienone is 2. The van der Waals surface area contributed by atoms with Crippen molar-refractivity contribution in [2.24, 2.45) is 56.7 Å². The van der Waals surface area contributed by atoms with Gasteiger partial charge in [-0.25, -0.2) is 0 Å². The molecule has 2 heteroatoms. The zero-order chi connectivity index (χ0) is 23.3. The number of carbonyl (C=O) groups is 1. The minimum Gasteiger partial charge on any atom is -0.481 e. The number of hydrogen-bond donors (Lipinski definition) is 1. The van der Waals surface area contributed by atoms with Gasteiger partial charge in [0.2, 0.25) is 0 Å². The third-order valence-electron chi connectivity index (χ3n) is 13.1. The molecular formula is C30H48O2. The van der Waals surface area contributed by atoms with E-state index in [4.69, 9.17) is 0 Å². The van der Waals surface area contributed by atoms with Gasteiger partial charge in [-0.2, -0.15) is 0 Å². The van der Waals surface area contributed by atoms with Gasteiger partial charge in [-0.15, -0.1) is 0 Å². The van der Waals surface area contributed by atoms with E-state index in [0.717, 1.165) is 55.8 Å². The smallest absolute Gasteiger partial charge is 0.310 e. The third-order valence-corrected chi connectivity index (χ3v) is 13.1. The van der Waals surface area contributed by atoms with Crippen LogP contribution >= 0.6 is 0 Å². The first-order valence-corrected chi connectivity index (χ1v) is 13.7. The van der Waals surface area contributed by atoms with Crippen molar-refractivity contribution in [3.8, 4) is 0 Å². The van der Waals surface area contributed by atoms with Gasteiger partial charge >= 0.3 is 5.97 Å². The first kappa shape index (κ1) is 23.0. The monoisotopic (exact) mass is 440 g/mol. The molecule has 0 aromatic rings. The van der Waals surface area contributed by atoms with Crippen LogP contribution in [0.1, 0.15) is 113 Å². The molecule has 4 fully saturated rings. The van der Waals surface area contributed by atoms with Crippen molar-refractivity contribution < 1.29 is 9.90 Å². The van der Waals surface area contributed by atoms with E-state index in [1.807, 2.05) is 0 Å². The normalized spacial score (nSPS) is 54.3. The number of fused-ring (bicyclic) bond motifs is 7. The van der Waals surface area contributed by atoms with Gasteiger partial charge in [0.15, 0.2) is 0 Å². The van der Waals surface area contributed by atoms with Crippen LogP contribution in [0, 0.1) is 56.7 Å². The summed E-state index contributed by atoms with van der Waals surface area (Å²) < 4.78 is 0. The molecule has 4 saturated carbocycles. The molecule has 9 atom stereocenters. The molecular weight excluding hydrogens is 392 g/mol. The van der Waals surface area contributed by atoms with Gasteiger partial charge in [-0.05, 0) is 115 Å². The van der Waals surface area contributed by atoms with Crippen LogP contribution in [0.4, 0.5) is 0 Å². The van der Waals surface area contributed by atoms with E-state index in [1.165, 1.54) is 32.1 Å². The van der Waals surface area contributed by atoms with Gasteiger partial charge in [0.1, 0.15) is 0 Å². The van der Waals surface area contributed by atoms with E-state index >= 15 is 0 Å². The molecule has 0 amide bonds. The maximum atomic E-state index is 12.7. The Labute approximate surface area is 197 Å². The fourth-order valence-corrected chi connectivity index (χ4v) is 10.4. The van der Waals surface area contributed by atoms with Gasteiger partial charge in [0, 0.05) is 0 Å².